The van der Waals surface area contributed by atoms with Gasteiger partial charge < -0.3 is 19.3 Å². The van der Waals surface area contributed by atoms with Crippen molar-refractivity contribution in [2.24, 2.45) is 5.10 Å². The van der Waals surface area contributed by atoms with Gasteiger partial charge in [0.25, 0.3) is 5.89 Å². The average molecular weight is 433 g/mol. The van der Waals surface area contributed by atoms with Crippen molar-refractivity contribution in [3.63, 3.8) is 0 Å². The number of benzene rings is 2. The fourth-order valence-corrected chi connectivity index (χ4v) is 3.38. The van der Waals surface area contributed by atoms with Gasteiger partial charge in [0.1, 0.15) is 25.5 Å². The summed E-state index contributed by atoms with van der Waals surface area (Å²) >= 11 is 0. The van der Waals surface area contributed by atoms with E-state index < -0.39 is 5.91 Å². The first-order valence-corrected chi connectivity index (χ1v) is 10.1. The Hall–Kier alpha value is -4.21. The van der Waals surface area contributed by atoms with Crippen LogP contribution < -0.4 is 14.8 Å². The number of anilines is 1. The molecule has 2 aliphatic heterocycles. The maximum absolute atomic E-state index is 12.5. The van der Waals surface area contributed by atoms with Crippen LogP contribution in [-0.2, 0) is 9.59 Å². The first-order chi connectivity index (χ1) is 15.7. The summed E-state index contributed by atoms with van der Waals surface area (Å²) in [5.41, 5.74) is 1.81. The summed E-state index contributed by atoms with van der Waals surface area (Å²) < 4.78 is 16.3. The van der Waals surface area contributed by atoms with Crippen LogP contribution in [0, 0.1) is 0 Å². The maximum Gasteiger partial charge on any atom is 0.274 e. The number of carbonyl (C=O) groups excluding carboxylic acids is 2. The molecule has 0 unspecified atom stereocenters. The van der Waals surface area contributed by atoms with Gasteiger partial charge >= 0.3 is 0 Å². The van der Waals surface area contributed by atoms with Crippen molar-refractivity contribution < 1.29 is 23.6 Å². The van der Waals surface area contributed by atoms with E-state index in [0.717, 1.165) is 10.6 Å². The normalized spacial score (nSPS) is 15.3. The highest BCUT2D eigenvalue weighted by Crippen LogP contribution is 2.32. The Morgan fingerprint density at radius 2 is 1.84 bits per heavy atom. The Morgan fingerprint density at radius 1 is 1.03 bits per heavy atom. The summed E-state index contributed by atoms with van der Waals surface area (Å²) in [6.07, 6.45) is 0.550. The number of hydrogen-bond acceptors (Lipinski definition) is 8. The maximum atomic E-state index is 12.5. The van der Waals surface area contributed by atoms with E-state index in [1.54, 1.807) is 18.2 Å². The molecule has 2 amide bonds. The molecule has 5 rings (SSSR count). The van der Waals surface area contributed by atoms with Crippen molar-refractivity contribution in [2.75, 3.05) is 25.1 Å². The largest absolute Gasteiger partial charge is 0.486 e. The fourth-order valence-electron chi connectivity index (χ4n) is 3.38. The minimum Gasteiger partial charge on any atom is -0.486 e. The van der Waals surface area contributed by atoms with E-state index >= 15 is 0 Å². The number of carbonyl (C=O) groups is 2. The predicted octanol–water partition coefficient (Wildman–Crippen LogP) is 2.47. The van der Waals surface area contributed by atoms with Crippen molar-refractivity contribution >= 4 is 23.2 Å². The smallest absolute Gasteiger partial charge is 0.274 e. The van der Waals surface area contributed by atoms with Crippen LogP contribution in [-0.4, -0.2) is 52.4 Å². The predicted molar refractivity (Wildman–Crippen MR) is 113 cm³/mol. The second kappa shape index (κ2) is 8.50. The van der Waals surface area contributed by atoms with Crippen molar-refractivity contribution in [2.45, 2.75) is 12.8 Å². The van der Waals surface area contributed by atoms with Crippen LogP contribution in [0.3, 0.4) is 0 Å². The van der Waals surface area contributed by atoms with E-state index in [1.807, 2.05) is 30.3 Å². The number of nitrogens with zero attached hydrogens (tertiary/aromatic N) is 4. The molecule has 162 valence electrons. The van der Waals surface area contributed by atoms with E-state index in [9.17, 15) is 9.59 Å². The summed E-state index contributed by atoms with van der Waals surface area (Å²) in [7, 11) is 0. The molecule has 3 heterocycles. The SMILES string of the molecule is O=C(CN1N=C(c2nc(-c3ccccc3)no2)CCC1=O)Nc1ccc2c(c1)OCCO2. The Labute approximate surface area is 182 Å². The van der Waals surface area contributed by atoms with Crippen molar-refractivity contribution in [1.29, 1.82) is 0 Å². The number of hydrazone groups is 1. The van der Waals surface area contributed by atoms with Crippen molar-refractivity contribution in [1.82, 2.24) is 15.1 Å². The van der Waals surface area contributed by atoms with E-state index in [1.165, 1.54) is 0 Å². The topological polar surface area (TPSA) is 119 Å². The minimum absolute atomic E-state index is 0.194. The lowest BCUT2D eigenvalue weighted by Crippen LogP contribution is -2.38. The van der Waals surface area contributed by atoms with Crippen LogP contribution in [0.5, 0.6) is 11.5 Å². The second-order valence-electron chi connectivity index (χ2n) is 7.19. The van der Waals surface area contributed by atoms with Crippen LogP contribution in [0.15, 0.2) is 58.2 Å². The molecule has 0 atom stereocenters. The van der Waals surface area contributed by atoms with Gasteiger partial charge in [-0.25, -0.2) is 5.01 Å². The summed E-state index contributed by atoms with van der Waals surface area (Å²) in [4.78, 5) is 29.2. The number of fused-ring (bicyclic) bond motifs is 1. The summed E-state index contributed by atoms with van der Waals surface area (Å²) in [5.74, 6) is 1.21. The molecule has 0 bridgehead atoms. The third kappa shape index (κ3) is 4.15. The van der Waals surface area contributed by atoms with Crippen LogP contribution >= 0.6 is 0 Å². The molecule has 0 saturated carbocycles. The van der Waals surface area contributed by atoms with Gasteiger partial charge in [0.15, 0.2) is 11.5 Å². The highest BCUT2D eigenvalue weighted by molar-refractivity contribution is 6.02. The minimum atomic E-state index is -0.393. The lowest BCUT2D eigenvalue weighted by Gasteiger charge is -2.22. The summed E-state index contributed by atoms with van der Waals surface area (Å²) in [6.45, 7) is 0.700. The first kappa shape index (κ1) is 19.7. The lowest BCUT2D eigenvalue weighted by molar-refractivity contribution is -0.135. The van der Waals surface area contributed by atoms with Crippen LogP contribution in [0.25, 0.3) is 11.4 Å². The van der Waals surface area contributed by atoms with E-state index in [4.69, 9.17) is 14.0 Å². The van der Waals surface area contributed by atoms with Crippen molar-refractivity contribution in [3.8, 4) is 22.9 Å². The molecule has 10 heteroatoms. The molecule has 0 saturated heterocycles. The molecule has 1 N–H and O–H groups in total. The Morgan fingerprint density at radius 3 is 2.69 bits per heavy atom. The van der Waals surface area contributed by atoms with Gasteiger partial charge in [0.2, 0.25) is 17.6 Å². The number of nitrogens with one attached hydrogen (secondary N) is 1. The average Bonchev–Trinajstić information content (AvgIpc) is 3.31. The molecule has 0 radical (unpaired) electrons. The van der Waals surface area contributed by atoms with Crippen LogP contribution in [0.4, 0.5) is 5.69 Å². The van der Waals surface area contributed by atoms with Crippen molar-refractivity contribution in [3.05, 3.63) is 54.4 Å². The van der Waals surface area contributed by atoms with Gasteiger partial charge in [-0.05, 0) is 12.1 Å². The first-order valence-electron chi connectivity index (χ1n) is 10.1. The zero-order valence-electron chi connectivity index (χ0n) is 17.0. The molecular weight excluding hydrogens is 414 g/mol. The molecule has 3 aromatic rings. The summed E-state index contributed by atoms with van der Waals surface area (Å²) in [6, 6.07) is 14.5. The van der Waals surface area contributed by atoms with Gasteiger partial charge in [-0.1, -0.05) is 35.5 Å². The van der Waals surface area contributed by atoms with Gasteiger partial charge in [-0.15, -0.1) is 0 Å². The van der Waals surface area contributed by atoms with Gasteiger partial charge in [-0.2, -0.15) is 10.1 Å². The molecule has 32 heavy (non-hydrogen) atoms. The van der Waals surface area contributed by atoms with Crippen LogP contribution in [0.1, 0.15) is 18.7 Å². The van der Waals surface area contributed by atoms with Gasteiger partial charge in [0, 0.05) is 30.2 Å². The Bertz CT molecular complexity index is 1190. The van der Waals surface area contributed by atoms with Crippen LogP contribution in [0.2, 0.25) is 0 Å². The third-order valence-electron chi connectivity index (χ3n) is 4.93. The zero-order valence-corrected chi connectivity index (χ0v) is 17.0. The molecule has 10 nitrogen and oxygen atoms in total. The quantitative estimate of drug-likeness (QED) is 0.656. The molecule has 0 aliphatic carbocycles. The zero-order chi connectivity index (χ0) is 21.9. The number of ether oxygens (including phenoxy) is 2. The van der Waals surface area contributed by atoms with E-state index in [0.29, 0.717) is 48.4 Å². The molecule has 2 aromatic carbocycles. The monoisotopic (exact) mass is 433 g/mol. The molecular formula is C22H19N5O5. The summed E-state index contributed by atoms with van der Waals surface area (Å²) in [5, 5.41) is 12.2. The number of rotatable bonds is 5. The second-order valence-corrected chi connectivity index (χ2v) is 7.19. The van der Waals surface area contributed by atoms with Gasteiger partial charge in [-0.3, -0.25) is 9.59 Å². The highest BCUT2D eigenvalue weighted by atomic mass is 16.6. The number of aromatic nitrogens is 2. The van der Waals surface area contributed by atoms with E-state index in [2.05, 4.69) is 20.6 Å². The highest BCUT2D eigenvalue weighted by Gasteiger charge is 2.26. The molecule has 0 fully saturated rings. The molecule has 2 aliphatic rings. The third-order valence-corrected chi connectivity index (χ3v) is 4.93. The Balaban J connectivity index is 1.28. The Kier molecular flexibility index (Phi) is 5.24. The molecule has 1 aromatic heterocycles. The van der Waals surface area contributed by atoms with E-state index in [-0.39, 0.29) is 24.8 Å². The molecule has 0 spiro atoms. The number of hydrogen-bond donors (Lipinski definition) is 1. The standard InChI is InChI=1S/C22H19N5O5/c28-19(23-15-6-8-17-18(12-15)31-11-10-30-17)13-27-20(29)9-7-16(25-27)22-24-21(26-32-22)14-4-2-1-3-5-14/h1-6,8,12H,7,9-11,13H2,(H,23,28). The fraction of sp³-hybridized carbons (Fsp3) is 0.227. The number of amides is 2. The lowest BCUT2D eigenvalue weighted by atomic mass is 10.1. The van der Waals surface area contributed by atoms with Gasteiger partial charge in [0.05, 0.1) is 0 Å².